The number of carbonyl (C=O) groups is 1. The first-order valence-corrected chi connectivity index (χ1v) is 7.55. The largest absolute Gasteiger partial charge is 0.388 e. The van der Waals surface area contributed by atoms with Gasteiger partial charge < -0.3 is 10.4 Å². The molecule has 116 valence electrons. The van der Waals surface area contributed by atoms with Gasteiger partial charge in [-0.3, -0.25) is 4.79 Å². The first kappa shape index (κ1) is 15.0. The molecule has 0 unspecified atom stereocenters. The number of nitrogens with zero attached hydrogens (tertiary/aromatic N) is 3. The second-order valence-corrected chi connectivity index (χ2v) is 6.11. The molecule has 7 heteroatoms. The minimum absolute atomic E-state index is 0.245. The summed E-state index contributed by atoms with van der Waals surface area (Å²) in [6.07, 6.45) is 2.44. The number of rotatable bonds is 4. The van der Waals surface area contributed by atoms with Gasteiger partial charge in [0.25, 0.3) is 5.91 Å². The van der Waals surface area contributed by atoms with E-state index in [1.807, 2.05) is 12.1 Å². The summed E-state index contributed by atoms with van der Waals surface area (Å²) in [7, 11) is 0. The fraction of sp³-hybridized carbons (Fsp3) is 0.400. The van der Waals surface area contributed by atoms with E-state index in [1.54, 1.807) is 23.7 Å². The zero-order chi connectivity index (χ0) is 15.7. The van der Waals surface area contributed by atoms with Crippen LogP contribution in [0, 0.1) is 6.92 Å². The third-order valence-electron chi connectivity index (χ3n) is 4.02. The zero-order valence-electron chi connectivity index (χ0n) is 12.2. The van der Waals surface area contributed by atoms with Gasteiger partial charge in [-0.2, -0.15) is 0 Å². The van der Waals surface area contributed by atoms with Crippen molar-refractivity contribution in [1.82, 2.24) is 20.3 Å². The number of halogens is 1. The topological polar surface area (TPSA) is 80.0 Å². The molecule has 0 spiro atoms. The van der Waals surface area contributed by atoms with E-state index in [0.29, 0.717) is 10.7 Å². The summed E-state index contributed by atoms with van der Waals surface area (Å²) in [5.41, 5.74) is 0.865. The molecule has 0 aliphatic heterocycles. The Hall–Kier alpha value is -1.92. The van der Waals surface area contributed by atoms with Gasteiger partial charge in [0, 0.05) is 11.6 Å². The molecular weight excluding hydrogens is 304 g/mol. The van der Waals surface area contributed by atoms with Crippen molar-refractivity contribution in [3.63, 3.8) is 0 Å². The lowest BCUT2D eigenvalue weighted by atomic mass is 9.80. The predicted molar refractivity (Wildman–Crippen MR) is 82.2 cm³/mol. The first-order chi connectivity index (χ1) is 10.5. The summed E-state index contributed by atoms with van der Waals surface area (Å²) in [5.74, 6) is -0.328. The lowest BCUT2D eigenvalue weighted by Gasteiger charge is -2.36. The van der Waals surface area contributed by atoms with E-state index in [4.69, 9.17) is 11.6 Å². The number of aliphatic hydroxyl groups is 1. The van der Waals surface area contributed by atoms with Crippen LogP contribution in [0.2, 0.25) is 5.02 Å². The van der Waals surface area contributed by atoms with Crippen LogP contribution < -0.4 is 5.32 Å². The standard InChI is InChI=1S/C15H17ClN4O2/c1-10-13(14(21)17-9-15(22)6-3-7-15)18-19-20(10)12-5-2-4-11(16)8-12/h2,4-5,8,22H,3,6-7,9H2,1H3,(H,17,21). The quantitative estimate of drug-likeness (QED) is 0.901. The number of amides is 1. The predicted octanol–water partition coefficient (Wildman–Crippen LogP) is 1.87. The van der Waals surface area contributed by atoms with Gasteiger partial charge in [-0.15, -0.1) is 5.10 Å². The normalized spacial score (nSPS) is 16.1. The van der Waals surface area contributed by atoms with Crippen molar-refractivity contribution < 1.29 is 9.90 Å². The average Bonchev–Trinajstić information content (AvgIpc) is 2.84. The molecule has 6 nitrogen and oxygen atoms in total. The van der Waals surface area contributed by atoms with Gasteiger partial charge in [0.1, 0.15) is 0 Å². The lowest BCUT2D eigenvalue weighted by Crippen LogP contribution is -2.47. The Kier molecular flexibility index (Phi) is 3.88. The molecule has 1 heterocycles. The minimum Gasteiger partial charge on any atom is -0.388 e. The van der Waals surface area contributed by atoms with Crippen LogP contribution in [-0.2, 0) is 0 Å². The van der Waals surface area contributed by atoms with Crippen LogP contribution in [-0.4, -0.2) is 38.2 Å². The third-order valence-corrected chi connectivity index (χ3v) is 4.26. The highest BCUT2D eigenvalue weighted by Crippen LogP contribution is 2.30. The van der Waals surface area contributed by atoms with Crippen molar-refractivity contribution in [2.24, 2.45) is 0 Å². The molecule has 0 saturated heterocycles. The molecule has 2 aromatic rings. The lowest BCUT2D eigenvalue weighted by molar-refractivity contribution is -0.0300. The summed E-state index contributed by atoms with van der Waals surface area (Å²) < 4.78 is 1.57. The average molecular weight is 321 g/mol. The van der Waals surface area contributed by atoms with Gasteiger partial charge in [0.2, 0.25) is 0 Å². The van der Waals surface area contributed by atoms with Crippen molar-refractivity contribution in [1.29, 1.82) is 0 Å². The Morgan fingerprint density at radius 3 is 2.91 bits per heavy atom. The number of benzene rings is 1. The van der Waals surface area contributed by atoms with Crippen LogP contribution in [0.15, 0.2) is 24.3 Å². The number of hydrogen-bond donors (Lipinski definition) is 2. The van der Waals surface area contributed by atoms with Gasteiger partial charge in [-0.05, 0) is 44.4 Å². The second kappa shape index (κ2) is 5.70. The fourth-order valence-corrected chi connectivity index (χ4v) is 2.67. The van der Waals surface area contributed by atoms with Gasteiger partial charge in [0.15, 0.2) is 5.69 Å². The smallest absolute Gasteiger partial charge is 0.273 e. The van der Waals surface area contributed by atoms with E-state index in [-0.39, 0.29) is 18.1 Å². The van der Waals surface area contributed by atoms with Crippen LogP contribution in [0.5, 0.6) is 0 Å². The summed E-state index contributed by atoms with van der Waals surface area (Å²) >= 11 is 5.97. The van der Waals surface area contributed by atoms with Crippen molar-refractivity contribution in [2.75, 3.05) is 6.54 Å². The Morgan fingerprint density at radius 2 is 2.27 bits per heavy atom. The van der Waals surface area contributed by atoms with Crippen LogP contribution >= 0.6 is 11.6 Å². The molecule has 1 aliphatic rings. The number of nitrogens with one attached hydrogen (secondary N) is 1. The molecule has 1 aliphatic carbocycles. The van der Waals surface area contributed by atoms with Crippen LogP contribution in [0.1, 0.15) is 35.4 Å². The maximum Gasteiger partial charge on any atom is 0.273 e. The van der Waals surface area contributed by atoms with Gasteiger partial charge in [0.05, 0.1) is 17.0 Å². The molecule has 0 radical (unpaired) electrons. The molecule has 0 bridgehead atoms. The van der Waals surface area contributed by atoms with E-state index < -0.39 is 5.60 Å². The molecule has 22 heavy (non-hydrogen) atoms. The highest BCUT2D eigenvalue weighted by atomic mass is 35.5. The highest BCUT2D eigenvalue weighted by Gasteiger charge is 2.35. The highest BCUT2D eigenvalue weighted by molar-refractivity contribution is 6.30. The number of aromatic nitrogens is 3. The van der Waals surface area contributed by atoms with E-state index >= 15 is 0 Å². The molecule has 1 fully saturated rings. The first-order valence-electron chi connectivity index (χ1n) is 7.17. The Morgan fingerprint density at radius 1 is 1.50 bits per heavy atom. The van der Waals surface area contributed by atoms with Crippen molar-refractivity contribution in [2.45, 2.75) is 31.8 Å². The monoisotopic (exact) mass is 320 g/mol. The summed E-state index contributed by atoms with van der Waals surface area (Å²) in [5, 5.41) is 21.3. The van der Waals surface area contributed by atoms with E-state index in [1.165, 1.54) is 0 Å². The van der Waals surface area contributed by atoms with E-state index in [2.05, 4.69) is 15.6 Å². The Balaban J connectivity index is 1.76. The molecule has 3 rings (SSSR count). The molecule has 1 aromatic heterocycles. The Bertz CT molecular complexity index is 709. The minimum atomic E-state index is -0.757. The van der Waals surface area contributed by atoms with Gasteiger partial charge >= 0.3 is 0 Å². The summed E-state index contributed by atoms with van der Waals surface area (Å²) in [6, 6.07) is 7.17. The number of carbonyl (C=O) groups excluding carboxylic acids is 1. The SMILES string of the molecule is Cc1c(C(=O)NCC2(O)CCC2)nnn1-c1cccc(Cl)c1. The van der Waals surface area contributed by atoms with Crippen molar-refractivity contribution in [3.8, 4) is 5.69 Å². The molecular formula is C15H17ClN4O2. The van der Waals surface area contributed by atoms with Crippen LogP contribution in [0.4, 0.5) is 0 Å². The van der Waals surface area contributed by atoms with Crippen LogP contribution in [0.3, 0.4) is 0 Å². The molecule has 0 atom stereocenters. The molecule has 1 saturated carbocycles. The molecule has 1 aromatic carbocycles. The van der Waals surface area contributed by atoms with Gasteiger partial charge in [-0.25, -0.2) is 4.68 Å². The second-order valence-electron chi connectivity index (χ2n) is 5.68. The van der Waals surface area contributed by atoms with E-state index in [9.17, 15) is 9.90 Å². The fourth-order valence-electron chi connectivity index (χ4n) is 2.48. The molecule has 2 N–H and O–H groups in total. The Labute approximate surface area is 133 Å². The zero-order valence-corrected chi connectivity index (χ0v) is 13.0. The van der Waals surface area contributed by atoms with Crippen molar-refractivity contribution >= 4 is 17.5 Å². The summed E-state index contributed by atoms with van der Waals surface area (Å²) in [4.78, 5) is 12.2. The van der Waals surface area contributed by atoms with E-state index in [0.717, 1.165) is 24.9 Å². The van der Waals surface area contributed by atoms with Crippen LogP contribution in [0.25, 0.3) is 5.69 Å². The third kappa shape index (κ3) is 2.84. The maximum atomic E-state index is 12.2. The summed E-state index contributed by atoms with van der Waals surface area (Å²) in [6.45, 7) is 2.02. The number of hydrogen-bond acceptors (Lipinski definition) is 4. The maximum absolute atomic E-state index is 12.2. The molecule has 1 amide bonds. The van der Waals surface area contributed by atoms with Crippen molar-refractivity contribution in [3.05, 3.63) is 40.7 Å². The van der Waals surface area contributed by atoms with Gasteiger partial charge in [-0.1, -0.05) is 22.9 Å².